The molecule has 0 bridgehead atoms. The fourth-order valence-corrected chi connectivity index (χ4v) is 2.07. The van der Waals surface area contributed by atoms with Crippen molar-refractivity contribution in [3.63, 3.8) is 0 Å². The minimum absolute atomic E-state index is 0.207. The Morgan fingerprint density at radius 1 is 1.47 bits per heavy atom. The number of nitrogens with zero attached hydrogens (tertiary/aromatic N) is 1. The zero-order valence-corrected chi connectivity index (χ0v) is 10.6. The van der Waals surface area contributed by atoms with Crippen molar-refractivity contribution < 1.29 is 18.4 Å². The Labute approximate surface area is 108 Å². The van der Waals surface area contributed by atoms with E-state index >= 15 is 0 Å². The minimum Gasteiger partial charge on any atom is -0.376 e. The molecule has 1 aliphatic rings. The van der Waals surface area contributed by atoms with Crippen LogP contribution in [0, 0.1) is 21.7 Å². The van der Waals surface area contributed by atoms with Gasteiger partial charge in [-0.2, -0.15) is 0 Å². The van der Waals surface area contributed by atoms with Gasteiger partial charge in [0.1, 0.15) is 5.69 Å². The Morgan fingerprint density at radius 2 is 2.05 bits per heavy atom. The molecule has 2 rings (SSSR count). The number of ether oxygens (including phenoxy) is 1. The number of hydrogen-bond donors (Lipinski definition) is 1. The molecule has 2 atom stereocenters. The Hall–Kier alpha value is -1.76. The standard InChI is InChI=1S/C12H14F2N2O3/c1-7-12(2,3-4-19-7)15-11-9(13)5-8(16(17)18)6-10(11)14/h5-7,15H,3-4H2,1-2H3. The molecule has 1 aromatic carbocycles. The van der Waals surface area contributed by atoms with Crippen molar-refractivity contribution >= 4 is 11.4 Å². The van der Waals surface area contributed by atoms with Crippen molar-refractivity contribution in [2.24, 2.45) is 0 Å². The molecule has 19 heavy (non-hydrogen) atoms. The SMILES string of the molecule is CC1OCCC1(C)Nc1c(F)cc([N+](=O)[O-])cc1F. The second-order valence-corrected chi connectivity index (χ2v) is 4.85. The van der Waals surface area contributed by atoms with Gasteiger partial charge in [-0.1, -0.05) is 0 Å². The molecular formula is C12H14F2N2O3. The Kier molecular flexibility index (Phi) is 3.40. The Morgan fingerprint density at radius 3 is 2.47 bits per heavy atom. The molecule has 1 fully saturated rings. The van der Waals surface area contributed by atoms with Gasteiger partial charge >= 0.3 is 0 Å². The van der Waals surface area contributed by atoms with Crippen molar-refractivity contribution in [2.45, 2.75) is 31.9 Å². The molecule has 0 aromatic heterocycles. The summed E-state index contributed by atoms with van der Waals surface area (Å²) in [6.45, 7) is 4.10. The van der Waals surface area contributed by atoms with Gasteiger partial charge in [-0.15, -0.1) is 0 Å². The summed E-state index contributed by atoms with van der Waals surface area (Å²) < 4.78 is 32.9. The summed E-state index contributed by atoms with van der Waals surface area (Å²) in [5.74, 6) is -1.96. The van der Waals surface area contributed by atoms with Crippen LogP contribution < -0.4 is 5.32 Å². The van der Waals surface area contributed by atoms with Gasteiger partial charge in [-0.3, -0.25) is 10.1 Å². The summed E-state index contributed by atoms with van der Waals surface area (Å²) in [4.78, 5) is 9.67. The van der Waals surface area contributed by atoms with E-state index in [-0.39, 0.29) is 11.8 Å². The number of nitro groups is 1. The first-order valence-corrected chi connectivity index (χ1v) is 5.87. The summed E-state index contributed by atoms with van der Waals surface area (Å²) in [5.41, 5.74) is -1.57. The smallest absolute Gasteiger partial charge is 0.275 e. The molecule has 0 amide bonds. The molecule has 0 spiro atoms. The molecule has 5 nitrogen and oxygen atoms in total. The van der Waals surface area contributed by atoms with E-state index in [9.17, 15) is 18.9 Å². The van der Waals surface area contributed by atoms with E-state index in [2.05, 4.69) is 5.32 Å². The quantitative estimate of drug-likeness (QED) is 0.678. The highest BCUT2D eigenvalue weighted by atomic mass is 19.1. The van der Waals surface area contributed by atoms with Gasteiger partial charge in [0, 0.05) is 6.61 Å². The van der Waals surface area contributed by atoms with Gasteiger partial charge in [-0.05, 0) is 20.3 Å². The number of nitro benzene ring substituents is 1. The van der Waals surface area contributed by atoms with Crippen molar-refractivity contribution in [1.29, 1.82) is 0 Å². The van der Waals surface area contributed by atoms with Crippen LogP contribution in [0.1, 0.15) is 20.3 Å². The van der Waals surface area contributed by atoms with Crippen molar-refractivity contribution in [3.8, 4) is 0 Å². The third kappa shape index (κ3) is 2.51. The van der Waals surface area contributed by atoms with Crippen LogP contribution in [-0.4, -0.2) is 23.2 Å². The maximum Gasteiger partial charge on any atom is 0.275 e. The molecule has 1 N–H and O–H groups in total. The normalized spacial score (nSPS) is 26.4. The molecule has 104 valence electrons. The third-order valence-electron chi connectivity index (χ3n) is 3.53. The average Bonchev–Trinajstić information content (AvgIpc) is 2.64. The second kappa shape index (κ2) is 4.73. The number of rotatable bonds is 3. The Bertz CT molecular complexity index is 501. The maximum absolute atomic E-state index is 13.8. The van der Waals surface area contributed by atoms with Gasteiger partial charge in [0.05, 0.1) is 28.7 Å². The molecule has 7 heteroatoms. The van der Waals surface area contributed by atoms with E-state index in [1.54, 1.807) is 13.8 Å². The third-order valence-corrected chi connectivity index (χ3v) is 3.53. The van der Waals surface area contributed by atoms with Crippen LogP contribution in [0.3, 0.4) is 0 Å². The van der Waals surface area contributed by atoms with Crippen LogP contribution in [0.4, 0.5) is 20.2 Å². The molecule has 0 radical (unpaired) electrons. The summed E-state index contributed by atoms with van der Waals surface area (Å²) >= 11 is 0. The molecule has 1 aliphatic heterocycles. The number of anilines is 1. The summed E-state index contributed by atoms with van der Waals surface area (Å²) in [5, 5.41) is 13.3. The first kappa shape index (κ1) is 13.7. The number of benzene rings is 1. The van der Waals surface area contributed by atoms with Crippen molar-refractivity contribution in [2.75, 3.05) is 11.9 Å². The highest BCUT2D eigenvalue weighted by molar-refractivity contribution is 5.53. The number of hydrogen-bond acceptors (Lipinski definition) is 4. The highest BCUT2D eigenvalue weighted by Crippen LogP contribution is 2.33. The average molecular weight is 272 g/mol. The molecule has 0 saturated carbocycles. The monoisotopic (exact) mass is 272 g/mol. The van der Waals surface area contributed by atoms with Crippen molar-refractivity contribution in [3.05, 3.63) is 33.9 Å². The predicted octanol–water partition coefficient (Wildman–Crippen LogP) is 2.85. The maximum atomic E-state index is 13.8. The van der Waals surface area contributed by atoms with Gasteiger partial charge in [0.25, 0.3) is 5.69 Å². The molecule has 1 aromatic rings. The first-order chi connectivity index (χ1) is 8.83. The zero-order chi connectivity index (χ0) is 14.2. The van der Waals surface area contributed by atoms with Crippen LogP contribution in [0.25, 0.3) is 0 Å². The summed E-state index contributed by atoms with van der Waals surface area (Å²) in [6.07, 6.45) is 0.394. The largest absolute Gasteiger partial charge is 0.376 e. The van der Waals surface area contributed by atoms with Crippen molar-refractivity contribution in [1.82, 2.24) is 0 Å². The molecule has 0 aliphatic carbocycles. The van der Waals surface area contributed by atoms with E-state index in [1.807, 2.05) is 0 Å². The van der Waals surface area contributed by atoms with Gasteiger partial charge < -0.3 is 10.1 Å². The van der Waals surface area contributed by atoms with E-state index in [0.717, 1.165) is 0 Å². The lowest BCUT2D eigenvalue weighted by Gasteiger charge is -2.30. The predicted molar refractivity (Wildman–Crippen MR) is 65.1 cm³/mol. The molecule has 1 heterocycles. The number of halogens is 2. The fraction of sp³-hybridized carbons (Fsp3) is 0.500. The number of nitrogens with one attached hydrogen (secondary N) is 1. The van der Waals surface area contributed by atoms with E-state index < -0.39 is 27.8 Å². The molecule has 1 saturated heterocycles. The van der Waals surface area contributed by atoms with Gasteiger partial charge in [0.2, 0.25) is 0 Å². The van der Waals surface area contributed by atoms with Crippen LogP contribution in [-0.2, 0) is 4.74 Å². The van der Waals surface area contributed by atoms with E-state index in [4.69, 9.17) is 4.74 Å². The van der Waals surface area contributed by atoms with Gasteiger partial charge in [-0.25, -0.2) is 8.78 Å². The fourth-order valence-electron chi connectivity index (χ4n) is 2.07. The first-order valence-electron chi connectivity index (χ1n) is 5.87. The van der Waals surface area contributed by atoms with E-state index in [1.165, 1.54) is 0 Å². The lowest BCUT2D eigenvalue weighted by molar-refractivity contribution is -0.385. The van der Waals surface area contributed by atoms with Crippen LogP contribution in [0.15, 0.2) is 12.1 Å². The van der Waals surface area contributed by atoms with E-state index in [0.29, 0.717) is 25.2 Å². The second-order valence-electron chi connectivity index (χ2n) is 4.85. The Balaban J connectivity index is 2.33. The van der Waals surface area contributed by atoms with Crippen LogP contribution in [0.2, 0.25) is 0 Å². The molecular weight excluding hydrogens is 258 g/mol. The molecule has 2 unspecified atom stereocenters. The highest BCUT2D eigenvalue weighted by Gasteiger charge is 2.38. The topological polar surface area (TPSA) is 64.4 Å². The van der Waals surface area contributed by atoms with Gasteiger partial charge in [0.15, 0.2) is 11.6 Å². The van der Waals surface area contributed by atoms with Crippen LogP contribution in [0.5, 0.6) is 0 Å². The zero-order valence-electron chi connectivity index (χ0n) is 10.6. The number of non-ortho nitro benzene ring substituents is 1. The lowest BCUT2D eigenvalue weighted by atomic mass is 9.94. The lowest BCUT2D eigenvalue weighted by Crippen LogP contribution is -2.41. The minimum atomic E-state index is -0.980. The van der Waals surface area contributed by atoms with Crippen LogP contribution >= 0.6 is 0 Å². The summed E-state index contributed by atoms with van der Waals surface area (Å²) in [6, 6.07) is 1.41. The summed E-state index contributed by atoms with van der Waals surface area (Å²) in [7, 11) is 0.